The molecule has 0 aliphatic heterocycles. The minimum absolute atomic E-state index is 0.0146. The highest BCUT2D eigenvalue weighted by Crippen LogP contribution is 2.30. The fourth-order valence-electron chi connectivity index (χ4n) is 3.75. The van der Waals surface area contributed by atoms with E-state index in [9.17, 15) is 26.5 Å². The summed E-state index contributed by atoms with van der Waals surface area (Å²) in [6.45, 7) is -1.77. The molecule has 1 N–H and O–H groups in total. The number of carbonyl (C=O) groups excluding carboxylic acids is 1. The van der Waals surface area contributed by atoms with Crippen LogP contribution in [0.4, 0.5) is 13.6 Å². The fraction of sp³-hybridized carbons (Fsp3) is 0.296. The van der Waals surface area contributed by atoms with Crippen LogP contribution in [0.5, 0.6) is 0 Å². The second-order valence-electron chi connectivity index (χ2n) is 8.39. The number of alkyl halides is 2. The molecule has 1 aliphatic carbocycles. The average molecular weight is 550 g/mol. The van der Waals surface area contributed by atoms with Crippen molar-refractivity contribution in [2.45, 2.75) is 58.1 Å². The van der Waals surface area contributed by atoms with E-state index >= 15 is 0 Å². The van der Waals surface area contributed by atoms with Crippen LogP contribution in [-0.4, -0.2) is 37.0 Å². The van der Waals surface area contributed by atoms with Crippen molar-refractivity contribution in [1.82, 2.24) is 5.32 Å². The first kappa shape index (κ1) is 28.6. The first-order chi connectivity index (χ1) is 17.7. The SMILES string of the molecule is O=C(NC1CCCCC1)OCC(F)(F)S(=O)(=O)[O-].c1ccc([S+](c2ccccc2)c2ccccc2)cc1. The molecule has 3 aromatic carbocycles. The van der Waals surface area contributed by atoms with Gasteiger partial charge >= 0.3 is 11.3 Å². The minimum atomic E-state index is -5.82. The molecular weight excluding hydrogens is 520 g/mol. The third-order valence-corrected chi connectivity index (χ3v) is 8.68. The Bertz CT molecular complexity index is 1110. The summed E-state index contributed by atoms with van der Waals surface area (Å²) >= 11 is 0. The average Bonchev–Trinajstić information content (AvgIpc) is 2.90. The van der Waals surface area contributed by atoms with E-state index in [1.165, 1.54) is 14.7 Å². The lowest BCUT2D eigenvalue weighted by Crippen LogP contribution is -2.40. The summed E-state index contributed by atoms with van der Waals surface area (Å²) in [5, 5.41) is -2.25. The standard InChI is InChI=1S/C18H15S.C9H15F2NO5S/c1-4-10-16(11-5-1)19(17-12-6-2-7-13-17)18-14-8-3-9-15-18;10-9(11,18(14,15)16)6-17-8(13)12-7-4-2-1-3-5-7/h1-15H;7H,1-6H2,(H,12,13)(H,14,15,16)/q+1;/p-1. The summed E-state index contributed by atoms with van der Waals surface area (Å²) in [4.78, 5) is 15.2. The number of alkyl carbamates (subject to hydrolysis) is 1. The van der Waals surface area contributed by atoms with Crippen LogP contribution in [-0.2, 0) is 25.7 Å². The van der Waals surface area contributed by atoms with Gasteiger partial charge in [0.15, 0.2) is 31.4 Å². The molecule has 198 valence electrons. The van der Waals surface area contributed by atoms with Crippen molar-refractivity contribution in [3.05, 3.63) is 91.0 Å². The Labute approximate surface area is 219 Å². The zero-order valence-corrected chi connectivity index (χ0v) is 21.7. The van der Waals surface area contributed by atoms with Crippen LogP contribution in [0.15, 0.2) is 106 Å². The number of benzene rings is 3. The number of hydrogen-bond donors (Lipinski definition) is 1. The van der Waals surface area contributed by atoms with Gasteiger partial charge in [-0.2, -0.15) is 8.78 Å². The third-order valence-electron chi connectivity index (χ3n) is 5.60. The first-order valence-corrected chi connectivity index (χ1v) is 14.5. The van der Waals surface area contributed by atoms with Crippen molar-refractivity contribution in [1.29, 1.82) is 0 Å². The summed E-state index contributed by atoms with van der Waals surface area (Å²) in [7, 11) is -5.83. The zero-order valence-electron chi connectivity index (χ0n) is 20.1. The van der Waals surface area contributed by atoms with Gasteiger partial charge in [-0.05, 0) is 49.2 Å². The lowest BCUT2D eigenvalue weighted by molar-refractivity contribution is 0.00564. The molecule has 0 saturated heterocycles. The molecule has 37 heavy (non-hydrogen) atoms. The highest BCUT2D eigenvalue weighted by Gasteiger charge is 2.39. The number of hydrogen-bond acceptors (Lipinski definition) is 5. The van der Waals surface area contributed by atoms with E-state index in [1.807, 2.05) is 0 Å². The van der Waals surface area contributed by atoms with Crippen molar-refractivity contribution < 1.29 is 31.3 Å². The molecule has 0 unspecified atom stereocenters. The number of halogens is 2. The molecule has 4 rings (SSSR count). The lowest BCUT2D eigenvalue weighted by Gasteiger charge is -2.23. The maximum Gasteiger partial charge on any atom is 0.407 e. The lowest BCUT2D eigenvalue weighted by atomic mass is 9.96. The van der Waals surface area contributed by atoms with Crippen LogP contribution < -0.4 is 5.32 Å². The van der Waals surface area contributed by atoms with E-state index in [0.717, 1.165) is 32.1 Å². The summed E-state index contributed by atoms with van der Waals surface area (Å²) in [5.41, 5.74) is 0. The highest BCUT2D eigenvalue weighted by atomic mass is 32.2. The van der Waals surface area contributed by atoms with Crippen LogP contribution in [0.1, 0.15) is 32.1 Å². The molecule has 0 heterocycles. The Kier molecular flexibility index (Phi) is 10.5. The molecule has 10 heteroatoms. The Hall–Kier alpha value is -2.95. The maximum atomic E-state index is 12.7. The summed E-state index contributed by atoms with van der Waals surface area (Å²) < 4.78 is 59.8. The van der Waals surface area contributed by atoms with Gasteiger partial charge in [0.25, 0.3) is 0 Å². The maximum absolute atomic E-state index is 12.7. The van der Waals surface area contributed by atoms with Crippen molar-refractivity contribution in [3.63, 3.8) is 0 Å². The molecule has 1 amide bonds. The van der Waals surface area contributed by atoms with E-state index in [4.69, 9.17) is 0 Å². The van der Waals surface area contributed by atoms with Crippen LogP contribution >= 0.6 is 0 Å². The monoisotopic (exact) mass is 549 g/mol. The molecule has 1 fully saturated rings. The minimum Gasteiger partial charge on any atom is -0.743 e. The van der Waals surface area contributed by atoms with Crippen LogP contribution in [0.2, 0.25) is 0 Å². The summed E-state index contributed by atoms with van der Waals surface area (Å²) in [6.07, 6.45) is 3.23. The van der Waals surface area contributed by atoms with E-state index in [-0.39, 0.29) is 16.9 Å². The highest BCUT2D eigenvalue weighted by molar-refractivity contribution is 7.97. The van der Waals surface area contributed by atoms with Gasteiger partial charge in [-0.1, -0.05) is 73.9 Å². The van der Waals surface area contributed by atoms with Gasteiger partial charge in [0.2, 0.25) is 0 Å². The molecule has 0 aromatic heterocycles. The fourth-order valence-corrected chi connectivity index (χ4v) is 6.06. The second kappa shape index (κ2) is 13.6. The second-order valence-corrected chi connectivity index (χ2v) is 11.9. The zero-order chi connectivity index (χ0) is 26.7. The largest absolute Gasteiger partial charge is 0.743 e. The van der Waals surface area contributed by atoms with Crippen molar-refractivity contribution in [3.8, 4) is 0 Å². The van der Waals surface area contributed by atoms with Gasteiger partial charge in [-0.25, -0.2) is 13.2 Å². The normalized spacial score (nSPS) is 14.4. The number of carbonyl (C=O) groups is 1. The molecule has 3 aromatic rings. The van der Waals surface area contributed by atoms with E-state index in [1.54, 1.807) is 0 Å². The number of ether oxygens (including phenoxy) is 1. The topological polar surface area (TPSA) is 95.5 Å². The Balaban J connectivity index is 0.000000206. The van der Waals surface area contributed by atoms with Gasteiger partial charge in [0.05, 0.1) is 10.9 Å². The van der Waals surface area contributed by atoms with Gasteiger partial charge in [0, 0.05) is 6.04 Å². The first-order valence-electron chi connectivity index (χ1n) is 11.8. The molecule has 6 nitrogen and oxygen atoms in total. The molecule has 1 saturated carbocycles. The smallest absolute Gasteiger partial charge is 0.407 e. The number of rotatable bonds is 7. The summed E-state index contributed by atoms with van der Waals surface area (Å²) in [6, 6.07) is 32.0. The van der Waals surface area contributed by atoms with Crippen LogP contribution in [0.25, 0.3) is 0 Å². The molecule has 0 spiro atoms. The Morgan fingerprint density at radius 1 is 0.838 bits per heavy atom. The van der Waals surface area contributed by atoms with Crippen molar-refractivity contribution >= 4 is 27.1 Å². The van der Waals surface area contributed by atoms with Crippen molar-refractivity contribution in [2.24, 2.45) is 0 Å². The molecule has 0 atom stereocenters. The van der Waals surface area contributed by atoms with Gasteiger partial charge in [-0.15, -0.1) is 0 Å². The van der Waals surface area contributed by atoms with E-state index < -0.39 is 28.1 Å². The van der Waals surface area contributed by atoms with Gasteiger partial charge < -0.3 is 14.6 Å². The Morgan fingerprint density at radius 3 is 1.62 bits per heavy atom. The third kappa shape index (κ3) is 8.84. The number of nitrogens with one attached hydrogen (secondary N) is 1. The predicted octanol–water partition coefficient (Wildman–Crippen LogP) is 5.97. The molecule has 1 aliphatic rings. The predicted molar refractivity (Wildman–Crippen MR) is 137 cm³/mol. The quantitative estimate of drug-likeness (QED) is 0.290. The van der Waals surface area contributed by atoms with E-state index in [0.29, 0.717) is 0 Å². The van der Waals surface area contributed by atoms with Crippen LogP contribution in [0, 0.1) is 0 Å². The van der Waals surface area contributed by atoms with Gasteiger partial charge in [0.1, 0.15) is 0 Å². The molecular formula is C27H29F2NO5S2. The molecule has 0 radical (unpaired) electrons. The van der Waals surface area contributed by atoms with Crippen molar-refractivity contribution in [2.75, 3.05) is 6.61 Å². The molecule has 0 bridgehead atoms. The van der Waals surface area contributed by atoms with Gasteiger partial charge in [-0.3, -0.25) is 0 Å². The summed E-state index contributed by atoms with van der Waals surface area (Å²) in [5.74, 6) is 0. The van der Waals surface area contributed by atoms with E-state index in [2.05, 4.69) is 101 Å². The number of amides is 1. The van der Waals surface area contributed by atoms with Crippen LogP contribution in [0.3, 0.4) is 0 Å². The Morgan fingerprint density at radius 2 is 1.24 bits per heavy atom.